The first-order valence-electron chi connectivity index (χ1n) is 5.06. The fraction of sp³-hybridized carbons (Fsp3) is 0.500. The molecule has 0 N–H and O–H groups in total. The molecule has 0 aliphatic heterocycles. The van der Waals surface area contributed by atoms with Crippen LogP contribution in [-0.4, -0.2) is 11.9 Å². The van der Waals surface area contributed by atoms with E-state index in [-0.39, 0.29) is 0 Å². The third kappa shape index (κ3) is 4.66. The van der Waals surface area contributed by atoms with Crippen LogP contribution in [0.4, 0.5) is 0 Å². The third-order valence-corrected chi connectivity index (χ3v) is 3.22. The van der Waals surface area contributed by atoms with E-state index in [1.807, 2.05) is 30.3 Å². The fourth-order valence-electron chi connectivity index (χ4n) is 1.22. The van der Waals surface area contributed by atoms with Crippen LogP contribution in [0.15, 0.2) is 30.3 Å². The molecule has 0 spiro atoms. The molecule has 0 fully saturated rings. The highest BCUT2D eigenvalue weighted by molar-refractivity contribution is 9.09. The van der Waals surface area contributed by atoms with E-state index in [4.69, 9.17) is 4.74 Å². The number of alkyl halides is 1. The summed E-state index contributed by atoms with van der Waals surface area (Å²) in [5.74, 6) is 1.72. The molecule has 1 aromatic carbocycles. The van der Waals surface area contributed by atoms with Gasteiger partial charge >= 0.3 is 0 Å². The summed E-state index contributed by atoms with van der Waals surface area (Å²) in [4.78, 5) is 0. The Balaban J connectivity index is 2.10. The van der Waals surface area contributed by atoms with E-state index in [1.165, 1.54) is 6.42 Å². The van der Waals surface area contributed by atoms with Crippen LogP contribution >= 0.6 is 15.9 Å². The minimum absolute atomic E-state index is 0.745. The Bertz CT molecular complexity index is 235. The smallest absolute Gasteiger partial charge is 0.119 e. The molecule has 1 aromatic rings. The van der Waals surface area contributed by atoms with E-state index in [2.05, 4.69) is 22.9 Å². The predicted octanol–water partition coefficient (Wildman–Crippen LogP) is 3.88. The van der Waals surface area contributed by atoms with Gasteiger partial charge in [-0.25, -0.2) is 0 Å². The van der Waals surface area contributed by atoms with Crippen molar-refractivity contribution in [2.24, 2.45) is 5.92 Å². The summed E-state index contributed by atoms with van der Waals surface area (Å²) < 4.78 is 5.59. The lowest BCUT2D eigenvalue weighted by atomic mass is 10.1. The lowest BCUT2D eigenvalue weighted by molar-refractivity contribution is 0.298. The van der Waals surface area contributed by atoms with Gasteiger partial charge in [0.05, 0.1) is 6.61 Å². The average molecular weight is 257 g/mol. The quantitative estimate of drug-likeness (QED) is 0.555. The second-order valence-electron chi connectivity index (χ2n) is 3.56. The van der Waals surface area contributed by atoms with Gasteiger partial charge in [0, 0.05) is 5.33 Å². The molecule has 0 saturated carbocycles. The van der Waals surface area contributed by atoms with Crippen molar-refractivity contribution >= 4 is 15.9 Å². The Morgan fingerprint density at radius 3 is 2.64 bits per heavy atom. The Morgan fingerprint density at radius 1 is 1.29 bits per heavy atom. The molecule has 78 valence electrons. The van der Waals surface area contributed by atoms with E-state index < -0.39 is 0 Å². The maximum Gasteiger partial charge on any atom is 0.119 e. The minimum Gasteiger partial charge on any atom is -0.494 e. The molecule has 2 heteroatoms. The highest BCUT2D eigenvalue weighted by Crippen LogP contribution is 2.11. The SMILES string of the molecule is CC(CBr)CCCOc1ccccc1. The standard InChI is InChI=1S/C12H17BrO/c1-11(10-13)6-5-9-14-12-7-3-2-4-8-12/h2-4,7-8,11H,5-6,9-10H2,1H3. The largest absolute Gasteiger partial charge is 0.494 e. The number of hydrogen-bond acceptors (Lipinski definition) is 1. The van der Waals surface area contributed by atoms with Crippen LogP contribution in [0.1, 0.15) is 19.8 Å². The van der Waals surface area contributed by atoms with Crippen LogP contribution in [0.5, 0.6) is 5.75 Å². The van der Waals surface area contributed by atoms with Gasteiger partial charge in [-0.1, -0.05) is 41.1 Å². The van der Waals surface area contributed by atoms with Crippen LogP contribution in [-0.2, 0) is 0 Å². The van der Waals surface area contributed by atoms with Gasteiger partial charge in [-0.3, -0.25) is 0 Å². The summed E-state index contributed by atoms with van der Waals surface area (Å²) in [6.07, 6.45) is 2.35. The Morgan fingerprint density at radius 2 is 2.00 bits per heavy atom. The maximum absolute atomic E-state index is 5.59. The number of rotatable bonds is 6. The highest BCUT2D eigenvalue weighted by Gasteiger charge is 1.99. The van der Waals surface area contributed by atoms with Gasteiger partial charge in [-0.15, -0.1) is 0 Å². The Labute approximate surface area is 94.6 Å². The number of benzene rings is 1. The molecule has 1 nitrogen and oxygen atoms in total. The van der Waals surface area contributed by atoms with Crippen molar-refractivity contribution in [3.05, 3.63) is 30.3 Å². The van der Waals surface area contributed by atoms with E-state index in [0.29, 0.717) is 0 Å². The van der Waals surface area contributed by atoms with Crippen LogP contribution in [0, 0.1) is 5.92 Å². The Hall–Kier alpha value is -0.500. The van der Waals surface area contributed by atoms with Crippen LogP contribution in [0.25, 0.3) is 0 Å². The van der Waals surface area contributed by atoms with Gasteiger partial charge in [0.1, 0.15) is 5.75 Å². The zero-order chi connectivity index (χ0) is 10.2. The summed E-state index contributed by atoms with van der Waals surface area (Å²) in [5.41, 5.74) is 0. The molecular formula is C12H17BrO. The van der Waals surface area contributed by atoms with Crippen molar-refractivity contribution in [2.75, 3.05) is 11.9 Å². The summed E-state index contributed by atoms with van der Waals surface area (Å²) in [5, 5.41) is 1.08. The second kappa shape index (κ2) is 6.88. The van der Waals surface area contributed by atoms with Gasteiger partial charge in [-0.05, 0) is 30.9 Å². The van der Waals surface area contributed by atoms with Crippen molar-refractivity contribution in [2.45, 2.75) is 19.8 Å². The number of halogens is 1. The fourth-order valence-corrected chi connectivity index (χ4v) is 1.54. The molecule has 0 heterocycles. The molecule has 1 rings (SSSR count). The summed E-state index contributed by atoms with van der Waals surface area (Å²) in [6, 6.07) is 9.98. The monoisotopic (exact) mass is 256 g/mol. The molecular weight excluding hydrogens is 240 g/mol. The number of hydrogen-bond donors (Lipinski definition) is 0. The van der Waals surface area contributed by atoms with Gasteiger partial charge < -0.3 is 4.74 Å². The van der Waals surface area contributed by atoms with Crippen LogP contribution < -0.4 is 4.74 Å². The molecule has 0 radical (unpaired) electrons. The lowest BCUT2D eigenvalue weighted by Gasteiger charge is -2.08. The van der Waals surface area contributed by atoms with E-state index in [0.717, 1.165) is 30.0 Å². The van der Waals surface area contributed by atoms with E-state index >= 15 is 0 Å². The van der Waals surface area contributed by atoms with Crippen LogP contribution in [0.3, 0.4) is 0 Å². The van der Waals surface area contributed by atoms with Crippen molar-refractivity contribution in [1.29, 1.82) is 0 Å². The highest BCUT2D eigenvalue weighted by atomic mass is 79.9. The zero-order valence-electron chi connectivity index (χ0n) is 8.58. The summed E-state index contributed by atoms with van der Waals surface area (Å²) >= 11 is 3.47. The third-order valence-electron chi connectivity index (χ3n) is 2.12. The summed E-state index contributed by atoms with van der Waals surface area (Å²) in [6.45, 7) is 3.07. The molecule has 0 aliphatic rings. The van der Waals surface area contributed by atoms with Gasteiger partial charge in [0.25, 0.3) is 0 Å². The zero-order valence-corrected chi connectivity index (χ0v) is 10.2. The minimum atomic E-state index is 0.745. The molecule has 0 aliphatic carbocycles. The van der Waals surface area contributed by atoms with Gasteiger partial charge in [0.15, 0.2) is 0 Å². The van der Waals surface area contributed by atoms with Crippen molar-refractivity contribution in [3.63, 3.8) is 0 Å². The predicted molar refractivity (Wildman–Crippen MR) is 64.1 cm³/mol. The second-order valence-corrected chi connectivity index (χ2v) is 4.21. The topological polar surface area (TPSA) is 9.23 Å². The molecule has 1 unspecified atom stereocenters. The summed E-state index contributed by atoms with van der Waals surface area (Å²) in [7, 11) is 0. The first-order chi connectivity index (χ1) is 6.83. The molecule has 0 amide bonds. The van der Waals surface area contributed by atoms with Gasteiger partial charge in [-0.2, -0.15) is 0 Å². The van der Waals surface area contributed by atoms with E-state index in [9.17, 15) is 0 Å². The van der Waals surface area contributed by atoms with E-state index in [1.54, 1.807) is 0 Å². The first kappa shape index (κ1) is 11.6. The van der Waals surface area contributed by atoms with Gasteiger partial charge in [0.2, 0.25) is 0 Å². The normalized spacial score (nSPS) is 12.4. The van der Waals surface area contributed by atoms with Crippen molar-refractivity contribution < 1.29 is 4.74 Å². The van der Waals surface area contributed by atoms with Crippen molar-refractivity contribution in [1.82, 2.24) is 0 Å². The number of ether oxygens (including phenoxy) is 1. The molecule has 1 atom stereocenters. The first-order valence-corrected chi connectivity index (χ1v) is 6.19. The Kier molecular flexibility index (Phi) is 5.69. The molecule has 0 bridgehead atoms. The molecule has 0 saturated heterocycles. The number of para-hydroxylation sites is 1. The van der Waals surface area contributed by atoms with Crippen LogP contribution in [0.2, 0.25) is 0 Å². The van der Waals surface area contributed by atoms with Crippen molar-refractivity contribution in [3.8, 4) is 5.75 Å². The maximum atomic E-state index is 5.59. The molecule has 14 heavy (non-hydrogen) atoms. The molecule has 0 aromatic heterocycles. The average Bonchev–Trinajstić information content (AvgIpc) is 2.25. The lowest BCUT2D eigenvalue weighted by Crippen LogP contribution is -2.02.